The Labute approximate surface area is 153 Å². The van der Waals surface area contributed by atoms with Gasteiger partial charge in [-0.15, -0.1) is 0 Å². The van der Waals surface area contributed by atoms with Crippen LogP contribution in [0.3, 0.4) is 0 Å². The van der Waals surface area contributed by atoms with Crippen molar-refractivity contribution in [2.75, 3.05) is 25.5 Å². The van der Waals surface area contributed by atoms with Crippen LogP contribution in [0.25, 0.3) is 0 Å². The number of nitrogens with zero attached hydrogens (tertiary/aromatic N) is 1. The number of carbonyl (C=O) groups excluding carboxylic acids is 1. The van der Waals surface area contributed by atoms with Crippen molar-refractivity contribution in [3.63, 3.8) is 0 Å². The number of aliphatic hydroxyl groups excluding tert-OH is 1. The smallest absolute Gasteiger partial charge is 0.311 e. The van der Waals surface area contributed by atoms with Gasteiger partial charge in [0, 0.05) is 29.1 Å². The lowest BCUT2D eigenvalue weighted by molar-refractivity contribution is -0.196. The summed E-state index contributed by atoms with van der Waals surface area (Å²) in [5.41, 5.74) is 1.98. The number of hydrogen-bond acceptors (Lipinski definition) is 5. The quantitative estimate of drug-likeness (QED) is 0.755. The predicted molar refractivity (Wildman–Crippen MR) is 96.9 cm³/mol. The Hall–Kier alpha value is -1.59. The Morgan fingerprint density at radius 2 is 2.12 bits per heavy atom. The number of piperidine rings is 1. The summed E-state index contributed by atoms with van der Waals surface area (Å²) >= 11 is 0. The molecule has 138 valence electrons. The molecule has 2 saturated heterocycles. The normalized spacial score (nSPS) is 47.7. The van der Waals surface area contributed by atoms with E-state index in [4.69, 9.17) is 4.74 Å². The Kier molecular flexibility index (Phi) is 2.75. The van der Waals surface area contributed by atoms with E-state index in [1.54, 1.807) is 0 Å². The van der Waals surface area contributed by atoms with Gasteiger partial charge in [-0.2, -0.15) is 0 Å². The maximum atomic E-state index is 12.9. The van der Waals surface area contributed by atoms with Gasteiger partial charge in [0.1, 0.15) is 0 Å². The van der Waals surface area contributed by atoms with E-state index < -0.39 is 0 Å². The van der Waals surface area contributed by atoms with Gasteiger partial charge >= 0.3 is 5.97 Å². The maximum Gasteiger partial charge on any atom is 0.311 e. The number of anilines is 1. The van der Waals surface area contributed by atoms with Gasteiger partial charge < -0.3 is 15.2 Å². The zero-order valence-electron chi connectivity index (χ0n) is 15.2. The molecule has 0 aromatic heterocycles. The van der Waals surface area contributed by atoms with E-state index in [1.165, 1.54) is 18.4 Å². The summed E-state index contributed by atoms with van der Waals surface area (Å²) in [6, 6.07) is 8.94. The van der Waals surface area contributed by atoms with Gasteiger partial charge in [-0.1, -0.05) is 18.2 Å². The van der Waals surface area contributed by atoms with Gasteiger partial charge in [-0.3, -0.25) is 9.69 Å². The maximum absolute atomic E-state index is 12.9. The summed E-state index contributed by atoms with van der Waals surface area (Å²) in [6.45, 7) is 2.03. The van der Waals surface area contributed by atoms with Crippen molar-refractivity contribution in [2.45, 2.75) is 55.2 Å². The Balaban J connectivity index is 1.66. The number of para-hydroxylation sites is 1. The molecule has 1 aromatic rings. The number of hydrogen-bond donors (Lipinski definition) is 2. The number of aliphatic hydroxyl groups is 1. The number of fused-ring (bicyclic) bond motifs is 3. The summed E-state index contributed by atoms with van der Waals surface area (Å²) in [5.74, 6) is -0.309. The van der Waals surface area contributed by atoms with Crippen LogP contribution in [0.1, 0.15) is 37.7 Å². The van der Waals surface area contributed by atoms with Crippen LogP contribution >= 0.6 is 0 Å². The van der Waals surface area contributed by atoms with Crippen molar-refractivity contribution in [3.05, 3.63) is 29.8 Å². The summed E-state index contributed by atoms with van der Waals surface area (Å²) in [4.78, 5) is 15.6. The molecule has 7 rings (SSSR count). The molecule has 5 fully saturated rings. The number of esters is 1. The molecular weight excluding hydrogens is 328 g/mol. The van der Waals surface area contributed by atoms with Crippen molar-refractivity contribution in [2.24, 2.45) is 11.3 Å². The lowest BCUT2D eigenvalue weighted by Crippen LogP contribution is -2.79. The standard InChI is InChI=1S/C21H26N2O3/c1-26-17(25)14-12-19-7-8-21(14)20(13-4-2-3-5-15(13)22-21)9-11-23(18(19)20)10-6-16(19)24/h2-5,14,16,18,22,24H,6-12H2,1H3/t14-,16+,18-,19-,20-,21-/m1/s1. The molecule has 6 atom stereocenters. The van der Waals surface area contributed by atoms with Gasteiger partial charge in [-0.25, -0.2) is 0 Å². The largest absolute Gasteiger partial charge is 0.469 e. The van der Waals surface area contributed by atoms with Gasteiger partial charge in [-0.05, 0) is 50.3 Å². The number of benzene rings is 1. The second-order valence-electron chi connectivity index (χ2n) is 9.12. The van der Waals surface area contributed by atoms with Crippen LogP contribution in [0, 0.1) is 11.3 Å². The second kappa shape index (κ2) is 4.63. The van der Waals surface area contributed by atoms with Crippen LogP contribution in [-0.4, -0.2) is 53.9 Å². The van der Waals surface area contributed by atoms with E-state index in [9.17, 15) is 9.90 Å². The van der Waals surface area contributed by atoms with Crippen LogP contribution < -0.4 is 5.32 Å². The average Bonchev–Trinajstić information content (AvgIpc) is 3.21. The lowest BCUT2D eigenvalue weighted by atomic mass is 9.38. The van der Waals surface area contributed by atoms with E-state index in [0.29, 0.717) is 6.04 Å². The Bertz CT molecular complexity index is 812. The fourth-order valence-electron chi connectivity index (χ4n) is 7.99. The van der Waals surface area contributed by atoms with Crippen molar-refractivity contribution < 1.29 is 14.6 Å². The first kappa shape index (κ1) is 15.5. The molecule has 0 radical (unpaired) electrons. The minimum absolute atomic E-state index is 0.0969. The number of rotatable bonds is 1. The Morgan fingerprint density at radius 3 is 2.96 bits per heavy atom. The fourth-order valence-corrected chi connectivity index (χ4v) is 7.99. The molecular formula is C21H26N2O3. The summed E-state index contributed by atoms with van der Waals surface area (Å²) in [7, 11) is 1.50. The molecule has 2 bridgehead atoms. The molecule has 5 nitrogen and oxygen atoms in total. The molecule has 3 spiro atoms. The van der Waals surface area contributed by atoms with E-state index in [0.717, 1.165) is 45.2 Å². The number of carbonyl (C=O) groups is 1. The highest BCUT2D eigenvalue weighted by Crippen LogP contribution is 2.74. The molecule has 3 aliphatic heterocycles. The van der Waals surface area contributed by atoms with Crippen molar-refractivity contribution in [1.82, 2.24) is 4.90 Å². The van der Waals surface area contributed by atoms with Gasteiger partial charge in [0.2, 0.25) is 0 Å². The van der Waals surface area contributed by atoms with Crippen LogP contribution in [0.2, 0.25) is 0 Å². The SMILES string of the molecule is COC(=O)[C@H]1C[C@]23CC[C@@]14Nc1ccccc1[C@@]41CCN(CC[C@@H]2O)[C@H]31. The zero-order chi connectivity index (χ0) is 17.7. The van der Waals surface area contributed by atoms with Crippen LogP contribution in [-0.2, 0) is 14.9 Å². The molecule has 5 heteroatoms. The molecule has 2 N–H and O–H groups in total. The van der Waals surface area contributed by atoms with E-state index in [1.807, 2.05) is 0 Å². The molecule has 26 heavy (non-hydrogen) atoms. The number of ether oxygens (including phenoxy) is 1. The van der Waals surface area contributed by atoms with Crippen molar-refractivity contribution >= 4 is 11.7 Å². The number of methoxy groups -OCH3 is 1. The summed E-state index contributed by atoms with van der Waals surface area (Å²) < 4.78 is 5.28. The third-order valence-electron chi connectivity index (χ3n) is 8.73. The first-order valence-corrected chi connectivity index (χ1v) is 9.97. The highest BCUT2D eigenvalue weighted by Gasteiger charge is 2.80. The highest BCUT2D eigenvalue weighted by molar-refractivity contribution is 5.80. The summed E-state index contributed by atoms with van der Waals surface area (Å²) in [6.07, 6.45) is 4.22. The lowest BCUT2D eigenvalue weighted by Gasteiger charge is -2.69. The monoisotopic (exact) mass is 354 g/mol. The van der Waals surface area contributed by atoms with Crippen molar-refractivity contribution in [3.8, 4) is 0 Å². The Morgan fingerprint density at radius 1 is 1.27 bits per heavy atom. The van der Waals surface area contributed by atoms with Crippen LogP contribution in [0.4, 0.5) is 5.69 Å². The van der Waals surface area contributed by atoms with E-state index in [2.05, 4.69) is 34.5 Å². The second-order valence-corrected chi connectivity index (χ2v) is 9.12. The fraction of sp³-hybridized carbons (Fsp3) is 0.667. The number of nitrogens with one attached hydrogen (secondary N) is 1. The van der Waals surface area contributed by atoms with E-state index in [-0.39, 0.29) is 34.4 Å². The molecule has 0 unspecified atom stereocenters. The molecule has 6 aliphatic rings. The predicted octanol–water partition coefficient (Wildman–Crippen LogP) is 1.90. The first-order valence-electron chi connectivity index (χ1n) is 9.97. The topological polar surface area (TPSA) is 61.8 Å². The highest BCUT2D eigenvalue weighted by atomic mass is 16.5. The average molecular weight is 354 g/mol. The molecule has 0 amide bonds. The first-order chi connectivity index (χ1) is 12.6. The third-order valence-corrected chi connectivity index (χ3v) is 8.73. The minimum atomic E-state index is -0.322. The van der Waals surface area contributed by atoms with Gasteiger partial charge in [0.15, 0.2) is 0 Å². The van der Waals surface area contributed by atoms with Gasteiger partial charge in [0.05, 0.1) is 24.7 Å². The summed E-state index contributed by atoms with van der Waals surface area (Å²) in [5, 5.41) is 15.0. The molecule has 3 aliphatic carbocycles. The minimum Gasteiger partial charge on any atom is -0.469 e. The third kappa shape index (κ3) is 1.38. The van der Waals surface area contributed by atoms with Crippen LogP contribution in [0.5, 0.6) is 0 Å². The van der Waals surface area contributed by atoms with Crippen LogP contribution in [0.15, 0.2) is 24.3 Å². The molecule has 3 heterocycles. The zero-order valence-corrected chi connectivity index (χ0v) is 15.2. The van der Waals surface area contributed by atoms with Gasteiger partial charge in [0.25, 0.3) is 0 Å². The molecule has 1 aromatic carbocycles. The van der Waals surface area contributed by atoms with Crippen molar-refractivity contribution in [1.29, 1.82) is 0 Å². The molecule has 3 saturated carbocycles. The van der Waals surface area contributed by atoms with E-state index >= 15 is 0 Å².